The maximum absolute atomic E-state index is 11.9. The van der Waals surface area contributed by atoms with E-state index in [9.17, 15) is 9.59 Å². The monoisotopic (exact) mass is 294 g/mol. The van der Waals surface area contributed by atoms with E-state index in [4.69, 9.17) is 9.52 Å². The maximum Gasteiger partial charge on any atom is 0.371 e. The van der Waals surface area contributed by atoms with Crippen molar-refractivity contribution in [2.24, 2.45) is 0 Å². The van der Waals surface area contributed by atoms with Gasteiger partial charge in [0.25, 0.3) is 5.91 Å². The smallest absolute Gasteiger partial charge is 0.371 e. The molecule has 0 atom stereocenters. The lowest BCUT2D eigenvalue weighted by Crippen LogP contribution is -2.22. The number of hydrogen-bond acceptors (Lipinski definition) is 5. The molecule has 0 aliphatic carbocycles. The highest BCUT2D eigenvalue weighted by molar-refractivity contribution is 7.09. The summed E-state index contributed by atoms with van der Waals surface area (Å²) in [5, 5.41) is 14.0. The Morgan fingerprint density at radius 3 is 2.75 bits per heavy atom. The standard InChI is InChI=1S/C13H14N2O4S/c1-7(2)12-15-9(6-20-12)11(16)14-5-8-3-4-10(19-8)13(17)18/h3-4,6-7H,5H2,1-2H3,(H,14,16)(H,17,18). The Labute approximate surface area is 119 Å². The summed E-state index contributed by atoms with van der Waals surface area (Å²) in [5.74, 6) is -0.921. The van der Waals surface area contributed by atoms with Gasteiger partial charge in [0.2, 0.25) is 5.76 Å². The van der Waals surface area contributed by atoms with Crippen LogP contribution in [0.5, 0.6) is 0 Å². The number of carbonyl (C=O) groups is 2. The fourth-order valence-corrected chi connectivity index (χ4v) is 2.32. The molecule has 0 bridgehead atoms. The highest BCUT2D eigenvalue weighted by atomic mass is 32.1. The second-order valence-corrected chi connectivity index (χ2v) is 5.37. The molecule has 0 saturated heterocycles. The van der Waals surface area contributed by atoms with E-state index in [1.54, 1.807) is 5.38 Å². The number of aromatic nitrogens is 1. The number of amides is 1. The lowest BCUT2D eigenvalue weighted by molar-refractivity contribution is 0.0660. The molecule has 2 N–H and O–H groups in total. The van der Waals surface area contributed by atoms with E-state index >= 15 is 0 Å². The van der Waals surface area contributed by atoms with Gasteiger partial charge in [0.1, 0.15) is 11.5 Å². The lowest BCUT2D eigenvalue weighted by atomic mass is 10.2. The topological polar surface area (TPSA) is 92.4 Å². The largest absolute Gasteiger partial charge is 0.475 e. The number of nitrogens with zero attached hydrogens (tertiary/aromatic N) is 1. The SMILES string of the molecule is CC(C)c1nc(C(=O)NCc2ccc(C(=O)O)o2)cs1. The molecule has 20 heavy (non-hydrogen) atoms. The third-order valence-corrected chi connectivity index (χ3v) is 3.69. The van der Waals surface area contributed by atoms with Gasteiger partial charge in [-0.05, 0) is 12.1 Å². The third-order valence-electron chi connectivity index (χ3n) is 2.54. The maximum atomic E-state index is 11.9. The summed E-state index contributed by atoms with van der Waals surface area (Å²) in [6.45, 7) is 4.15. The van der Waals surface area contributed by atoms with Gasteiger partial charge >= 0.3 is 5.97 Å². The predicted octanol–water partition coefficient (Wildman–Crippen LogP) is 2.49. The number of carboxylic acid groups (broad SMARTS) is 1. The van der Waals surface area contributed by atoms with Gasteiger partial charge in [0, 0.05) is 11.3 Å². The molecular weight excluding hydrogens is 280 g/mol. The van der Waals surface area contributed by atoms with E-state index in [2.05, 4.69) is 10.3 Å². The van der Waals surface area contributed by atoms with Crippen molar-refractivity contribution in [3.63, 3.8) is 0 Å². The zero-order valence-corrected chi connectivity index (χ0v) is 11.9. The van der Waals surface area contributed by atoms with Crippen molar-refractivity contribution in [1.82, 2.24) is 10.3 Å². The zero-order chi connectivity index (χ0) is 14.7. The van der Waals surface area contributed by atoms with Gasteiger partial charge in [-0.1, -0.05) is 13.8 Å². The van der Waals surface area contributed by atoms with Crippen molar-refractivity contribution >= 4 is 23.2 Å². The molecule has 0 aromatic carbocycles. The molecule has 1 amide bonds. The van der Waals surface area contributed by atoms with Crippen molar-refractivity contribution in [3.05, 3.63) is 39.7 Å². The van der Waals surface area contributed by atoms with Crippen LogP contribution in [0.1, 0.15) is 51.6 Å². The highest BCUT2D eigenvalue weighted by Gasteiger charge is 2.14. The van der Waals surface area contributed by atoms with Crippen LogP contribution in [0.25, 0.3) is 0 Å². The Morgan fingerprint density at radius 2 is 2.20 bits per heavy atom. The molecule has 0 radical (unpaired) electrons. The summed E-state index contributed by atoms with van der Waals surface area (Å²) in [6.07, 6.45) is 0. The number of aromatic carboxylic acids is 1. The van der Waals surface area contributed by atoms with Crippen molar-refractivity contribution in [3.8, 4) is 0 Å². The first-order valence-electron chi connectivity index (χ1n) is 6.03. The Hall–Kier alpha value is -2.15. The van der Waals surface area contributed by atoms with Crippen molar-refractivity contribution < 1.29 is 19.1 Å². The molecule has 0 saturated carbocycles. The number of hydrogen-bond donors (Lipinski definition) is 2. The minimum absolute atomic E-state index is 0.126. The van der Waals surface area contributed by atoms with E-state index < -0.39 is 5.97 Å². The highest BCUT2D eigenvalue weighted by Crippen LogP contribution is 2.19. The molecular formula is C13H14N2O4S. The van der Waals surface area contributed by atoms with Gasteiger partial charge in [-0.3, -0.25) is 4.79 Å². The Morgan fingerprint density at radius 1 is 1.45 bits per heavy atom. The first kappa shape index (κ1) is 14.3. The summed E-state index contributed by atoms with van der Waals surface area (Å²) in [7, 11) is 0. The normalized spacial score (nSPS) is 10.8. The van der Waals surface area contributed by atoms with Crippen LogP contribution < -0.4 is 5.32 Å². The Kier molecular flexibility index (Phi) is 4.19. The molecule has 7 heteroatoms. The quantitative estimate of drug-likeness (QED) is 0.883. The van der Waals surface area contributed by atoms with Crippen LogP contribution in [0.4, 0.5) is 0 Å². The number of rotatable bonds is 5. The Balaban J connectivity index is 1.95. The molecule has 0 spiro atoms. The van der Waals surface area contributed by atoms with Crippen LogP contribution in [0.15, 0.2) is 21.9 Å². The summed E-state index contributed by atoms with van der Waals surface area (Å²) in [6, 6.07) is 2.87. The number of carboxylic acids is 1. The fourth-order valence-electron chi connectivity index (χ4n) is 1.50. The molecule has 0 unspecified atom stereocenters. The first-order chi connectivity index (χ1) is 9.47. The molecule has 2 aromatic rings. The van der Waals surface area contributed by atoms with Gasteiger partial charge in [-0.25, -0.2) is 9.78 Å². The van der Waals surface area contributed by atoms with E-state index in [1.165, 1.54) is 23.5 Å². The number of carbonyl (C=O) groups excluding carboxylic acids is 1. The van der Waals surface area contributed by atoms with Crippen LogP contribution in [0, 0.1) is 0 Å². The molecule has 106 valence electrons. The van der Waals surface area contributed by atoms with Gasteiger partial charge < -0.3 is 14.8 Å². The minimum Gasteiger partial charge on any atom is -0.475 e. The molecule has 2 rings (SSSR count). The van der Waals surface area contributed by atoms with Crippen LogP contribution >= 0.6 is 11.3 Å². The Bertz CT molecular complexity index is 630. The molecule has 0 fully saturated rings. The van der Waals surface area contributed by atoms with Gasteiger partial charge in [-0.15, -0.1) is 11.3 Å². The van der Waals surface area contributed by atoms with E-state index in [-0.39, 0.29) is 24.1 Å². The molecule has 0 aliphatic heterocycles. The second kappa shape index (κ2) is 5.87. The van der Waals surface area contributed by atoms with Crippen molar-refractivity contribution in [2.45, 2.75) is 26.3 Å². The number of nitrogens with one attached hydrogen (secondary N) is 1. The van der Waals surface area contributed by atoms with Gasteiger partial charge in [-0.2, -0.15) is 0 Å². The zero-order valence-electron chi connectivity index (χ0n) is 11.0. The van der Waals surface area contributed by atoms with Gasteiger partial charge in [0.05, 0.1) is 11.6 Å². The third kappa shape index (κ3) is 3.24. The summed E-state index contributed by atoms with van der Waals surface area (Å²) in [4.78, 5) is 26.8. The van der Waals surface area contributed by atoms with Crippen LogP contribution in [0.2, 0.25) is 0 Å². The van der Waals surface area contributed by atoms with E-state index in [1.807, 2.05) is 13.8 Å². The number of thiazole rings is 1. The average molecular weight is 294 g/mol. The fraction of sp³-hybridized carbons (Fsp3) is 0.308. The first-order valence-corrected chi connectivity index (χ1v) is 6.91. The van der Waals surface area contributed by atoms with Crippen molar-refractivity contribution in [2.75, 3.05) is 0 Å². The molecule has 2 heterocycles. The van der Waals surface area contributed by atoms with E-state index in [0.717, 1.165) is 5.01 Å². The van der Waals surface area contributed by atoms with Gasteiger partial charge in [0.15, 0.2) is 0 Å². The summed E-state index contributed by atoms with van der Waals surface area (Å²) < 4.78 is 5.04. The predicted molar refractivity (Wildman–Crippen MR) is 73.0 cm³/mol. The molecule has 2 aromatic heterocycles. The minimum atomic E-state index is -1.14. The van der Waals surface area contributed by atoms with Crippen LogP contribution in [0.3, 0.4) is 0 Å². The lowest BCUT2D eigenvalue weighted by Gasteiger charge is -2.00. The van der Waals surface area contributed by atoms with Crippen molar-refractivity contribution in [1.29, 1.82) is 0 Å². The number of furan rings is 1. The second-order valence-electron chi connectivity index (χ2n) is 4.48. The van der Waals surface area contributed by atoms with E-state index in [0.29, 0.717) is 11.5 Å². The molecule has 0 aliphatic rings. The summed E-state index contributed by atoms with van der Waals surface area (Å²) >= 11 is 1.44. The van der Waals surface area contributed by atoms with Crippen LogP contribution in [-0.4, -0.2) is 22.0 Å². The molecule has 6 nitrogen and oxygen atoms in total. The van der Waals surface area contributed by atoms with Crippen LogP contribution in [-0.2, 0) is 6.54 Å². The summed E-state index contributed by atoms with van der Waals surface area (Å²) in [5.41, 5.74) is 0.365. The average Bonchev–Trinajstić information content (AvgIpc) is 3.05.